The molecule has 2 rings (SSSR count). The summed E-state index contributed by atoms with van der Waals surface area (Å²) in [5, 5.41) is 4.33. The number of hydrogen-bond donors (Lipinski definition) is 2. The van der Waals surface area contributed by atoms with Crippen molar-refractivity contribution in [2.75, 3.05) is 6.54 Å². The predicted molar refractivity (Wildman–Crippen MR) is 28.6 cm³/mol. The van der Waals surface area contributed by atoms with Crippen molar-refractivity contribution in [3.05, 3.63) is 0 Å². The van der Waals surface area contributed by atoms with Crippen LogP contribution in [0, 0.1) is 5.41 Å². The molecule has 2 N–H and O–H groups in total. The minimum atomic E-state index is -1.32. The lowest BCUT2D eigenvalue weighted by Crippen LogP contribution is -2.79. The Kier molecular flexibility index (Phi) is 0.651. The van der Waals surface area contributed by atoms with Gasteiger partial charge in [0.1, 0.15) is 0 Å². The number of β-lactam (4-membered cyclic amide) rings is 3. The van der Waals surface area contributed by atoms with Crippen LogP contribution in [0.15, 0.2) is 0 Å². The van der Waals surface area contributed by atoms with Crippen LogP contribution in [0.25, 0.3) is 0 Å². The zero-order valence-corrected chi connectivity index (χ0v) is 4.93. The normalized spacial score (nSPS) is 26.6. The van der Waals surface area contributed by atoms with Crippen LogP contribution in [-0.4, -0.2) is 24.3 Å². The highest BCUT2D eigenvalue weighted by Gasteiger charge is 2.66. The maximum absolute atomic E-state index is 10.7. The van der Waals surface area contributed by atoms with Crippen LogP contribution in [0.1, 0.15) is 0 Å². The highest BCUT2D eigenvalue weighted by Crippen LogP contribution is 2.30. The van der Waals surface area contributed by atoms with Gasteiger partial charge in [0, 0.05) is 0 Å². The van der Waals surface area contributed by atoms with Gasteiger partial charge in [-0.25, -0.2) is 0 Å². The number of hydrogen-bond acceptors (Lipinski definition) is 3. The summed E-state index contributed by atoms with van der Waals surface area (Å²) in [5.41, 5.74) is -1.32. The molecule has 5 nitrogen and oxygen atoms in total. The Morgan fingerprint density at radius 3 is 1.80 bits per heavy atom. The standard InChI is InChI=1S/C5H4N2O3/c8-2-5(1-6-2)3(9)7-4(5)10/h1H2,(H,6,8)(H,7,9,10). The van der Waals surface area contributed by atoms with Gasteiger partial charge in [-0.3, -0.25) is 19.7 Å². The van der Waals surface area contributed by atoms with E-state index in [0.29, 0.717) is 0 Å². The van der Waals surface area contributed by atoms with Gasteiger partial charge in [0.25, 0.3) is 11.8 Å². The second-order valence-electron chi connectivity index (χ2n) is 2.37. The van der Waals surface area contributed by atoms with Crippen molar-refractivity contribution in [3.8, 4) is 0 Å². The first-order valence-corrected chi connectivity index (χ1v) is 2.82. The summed E-state index contributed by atoms with van der Waals surface area (Å²) in [5.74, 6) is -1.41. The molecule has 0 radical (unpaired) electrons. The van der Waals surface area contributed by atoms with E-state index in [0.717, 1.165) is 0 Å². The van der Waals surface area contributed by atoms with Crippen LogP contribution < -0.4 is 10.6 Å². The number of carbonyl (C=O) groups is 3. The summed E-state index contributed by atoms with van der Waals surface area (Å²) in [6.45, 7) is 0.163. The van der Waals surface area contributed by atoms with Gasteiger partial charge in [-0.05, 0) is 0 Å². The molecule has 2 heterocycles. The fraction of sp³-hybridized carbons (Fsp3) is 0.400. The molecule has 0 atom stereocenters. The Morgan fingerprint density at radius 2 is 1.70 bits per heavy atom. The van der Waals surface area contributed by atoms with Gasteiger partial charge < -0.3 is 5.32 Å². The Morgan fingerprint density at radius 1 is 1.10 bits per heavy atom. The quantitative estimate of drug-likeness (QED) is 0.295. The van der Waals surface area contributed by atoms with Crippen LogP contribution in [0.5, 0.6) is 0 Å². The Labute approximate surface area is 55.8 Å². The minimum absolute atomic E-state index is 0.163. The zero-order valence-electron chi connectivity index (χ0n) is 4.93. The van der Waals surface area contributed by atoms with Crippen molar-refractivity contribution < 1.29 is 14.4 Å². The molecule has 2 saturated heterocycles. The first-order chi connectivity index (χ1) is 4.68. The molecule has 0 bridgehead atoms. The van der Waals surface area contributed by atoms with Gasteiger partial charge in [-0.2, -0.15) is 0 Å². The summed E-state index contributed by atoms with van der Waals surface area (Å²) >= 11 is 0. The molecule has 52 valence electrons. The first kappa shape index (κ1) is 5.40. The van der Waals surface area contributed by atoms with E-state index in [-0.39, 0.29) is 6.54 Å². The molecule has 0 aromatic heterocycles. The lowest BCUT2D eigenvalue weighted by Gasteiger charge is -2.43. The van der Waals surface area contributed by atoms with E-state index >= 15 is 0 Å². The van der Waals surface area contributed by atoms with Crippen LogP contribution in [-0.2, 0) is 14.4 Å². The highest BCUT2D eigenvalue weighted by atomic mass is 16.2. The number of nitrogens with one attached hydrogen (secondary N) is 2. The van der Waals surface area contributed by atoms with Gasteiger partial charge in [0.15, 0.2) is 0 Å². The molecule has 2 fully saturated rings. The van der Waals surface area contributed by atoms with Crippen LogP contribution in [0.2, 0.25) is 0 Å². The zero-order chi connectivity index (χ0) is 7.35. The minimum Gasteiger partial charge on any atom is -0.352 e. The van der Waals surface area contributed by atoms with E-state index in [2.05, 4.69) is 5.32 Å². The van der Waals surface area contributed by atoms with E-state index in [1.807, 2.05) is 5.32 Å². The van der Waals surface area contributed by atoms with Crippen molar-refractivity contribution in [2.24, 2.45) is 5.41 Å². The molecule has 2 aliphatic rings. The topological polar surface area (TPSA) is 75.3 Å². The molecule has 3 amide bonds. The second kappa shape index (κ2) is 1.21. The molecule has 5 heteroatoms. The number of carbonyl (C=O) groups excluding carboxylic acids is 3. The molecule has 2 aliphatic heterocycles. The summed E-state index contributed by atoms with van der Waals surface area (Å²) in [6.07, 6.45) is 0. The molecule has 0 aromatic rings. The Hall–Kier alpha value is -1.39. The predicted octanol–water partition coefficient (Wildman–Crippen LogP) is -2.24. The maximum Gasteiger partial charge on any atom is 0.253 e. The van der Waals surface area contributed by atoms with E-state index in [1.54, 1.807) is 0 Å². The third-order valence-corrected chi connectivity index (χ3v) is 1.90. The average Bonchev–Trinajstić information content (AvgIpc) is 1.84. The smallest absolute Gasteiger partial charge is 0.253 e. The van der Waals surface area contributed by atoms with Crippen LogP contribution >= 0.6 is 0 Å². The van der Waals surface area contributed by atoms with E-state index < -0.39 is 23.1 Å². The Bertz CT molecular complexity index is 230. The van der Waals surface area contributed by atoms with E-state index in [1.165, 1.54) is 0 Å². The Balaban J connectivity index is 2.37. The van der Waals surface area contributed by atoms with Gasteiger partial charge >= 0.3 is 0 Å². The van der Waals surface area contributed by atoms with Crippen LogP contribution in [0.4, 0.5) is 0 Å². The van der Waals surface area contributed by atoms with Crippen molar-refractivity contribution in [2.45, 2.75) is 0 Å². The lowest BCUT2D eigenvalue weighted by molar-refractivity contribution is -0.169. The maximum atomic E-state index is 10.7. The molecule has 0 aliphatic carbocycles. The monoisotopic (exact) mass is 140 g/mol. The summed E-state index contributed by atoms with van der Waals surface area (Å²) < 4.78 is 0. The molecule has 0 unspecified atom stereocenters. The van der Waals surface area contributed by atoms with Crippen molar-refractivity contribution in [3.63, 3.8) is 0 Å². The fourth-order valence-electron chi connectivity index (χ4n) is 1.06. The fourth-order valence-corrected chi connectivity index (χ4v) is 1.06. The van der Waals surface area contributed by atoms with Crippen molar-refractivity contribution in [1.82, 2.24) is 10.6 Å². The first-order valence-electron chi connectivity index (χ1n) is 2.82. The molecule has 10 heavy (non-hydrogen) atoms. The average molecular weight is 140 g/mol. The summed E-state index contributed by atoms with van der Waals surface area (Å²) in [7, 11) is 0. The molecule has 1 spiro atoms. The highest BCUT2D eigenvalue weighted by molar-refractivity contribution is 6.36. The largest absolute Gasteiger partial charge is 0.352 e. The number of imide groups is 1. The van der Waals surface area contributed by atoms with Gasteiger partial charge in [0.05, 0.1) is 6.54 Å². The van der Waals surface area contributed by atoms with E-state index in [9.17, 15) is 14.4 Å². The molecular formula is C5H4N2O3. The van der Waals surface area contributed by atoms with Gasteiger partial charge in [0.2, 0.25) is 11.3 Å². The molecule has 0 saturated carbocycles. The molecular weight excluding hydrogens is 136 g/mol. The third-order valence-electron chi connectivity index (χ3n) is 1.90. The number of amides is 3. The van der Waals surface area contributed by atoms with E-state index in [4.69, 9.17) is 0 Å². The SMILES string of the molecule is O=C1NCC12C(=O)NC2=O. The number of rotatable bonds is 0. The van der Waals surface area contributed by atoms with Gasteiger partial charge in [-0.15, -0.1) is 0 Å². The van der Waals surface area contributed by atoms with Crippen molar-refractivity contribution >= 4 is 17.7 Å². The van der Waals surface area contributed by atoms with Crippen molar-refractivity contribution in [1.29, 1.82) is 0 Å². The second-order valence-corrected chi connectivity index (χ2v) is 2.37. The van der Waals surface area contributed by atoms with Gasteiger partial charge in [-0.1, -0.05) is 0 Å². The summed E-state index contributed by atoms with van der Waals surface area (Å²) in [6, 6.07) is 0. The summed E-state index contributed by atoms with van der Waals surface area (Å²) in [4.78, 5) is 32.0. The molecule has 0 aromatic carbocycles. The third kappa shape index (κ3) is 0.294. The van der Waals surface area contributed by atoms with Crippen LogP contribution in [0.3, 0.4) is 0 Å². The lowest BCUT2D eigenvalue weighted by atomic mass is 9.73.